The number of piperidine rings is 1. The van der Waals surface area contributed by atoms with Gasteiger partial charge in [0.05, 0.1) is 0 Å². The molecule has 3 nitrogen and oxygen atoms in total. The first-order valence-corrected chi connectivity index (χ1v) is 8.94. The zero-order valence-corrected chi connectivity index (χ0v) is 14.7. The summed E-state index contributed by atoms with van der Waals surface area (Å²) in [7, 11) is 0. The van der Waals surface area contributed by atoms with E-state index < -0.39 is 0 Å². The second-order valence-corrected chi connectivity index (χ2v) is 6.95. The summed E-state index contributed by atoms with van der Waals surface area (Å²) in [6, 6.07) is 16.8. The van der Waals surface area contributed by atoms with Crippen molar-refractivity contribution < 1.29 is 4.74 Å². The van der Waals surface area contributed by atoms with Crippen molar-refractivity contribution in [3.8, 4) is 11.5 Å². The van der Waals surface area contributed by atoms with Crippen LogP contribution in [0.2, 0.25) is 0 Å². The molecule has 128 valence electrons. The average Bonchev–Trinajstić information content (AvgIpc) is 2.61. The number of rotatable bonds is 5. The number of nitrogens with zero attached hydrogens (tertiary/aromatic N) is 1. The maximum Gasteiger partial charge on any atom is 0.127 e. The quantitative estimate of drug-likeness (QED) is 0.879. The van der Waals surface area contributed by atoms with E-state index in [2.05, 4.69) is 43.0 Å². The predicted octanol–water partition coefficient (Wildman–Crippen LogP) is 4.52. The van der Waals surface area contributed by atoms with Gasteiger partial charge in [-0.2, -0.15) is 0 Å². The third kappa shape index (κ3) is 4.16. The highest BCUT2D eigenvalue weighted by molar-refractivity contribution is 5.35. The molecule has 1 atom stereocenters. The van der Waals surface area contributed by atoms with Gasteiger partial charge < -0.3 is 10.5 Å². The van der Waals surface area contributed by atoms with E-state index in [-0.39, 0.29) is 0 Å². The van der Waals surface area contributed by atoms with E-state index in [1.54, 1.807) is 0 Å². The van der Waals surface area contributed by atoms with Crippen LogP contribution in [0.25, 0.3) is 0 Å². The Morgan fingerprint density at radius 3 is 2.08 bits per heavy atom. The molecule has 0 bridgehead atoms. The lowest BCUT2D eigenvalue weighted by molar-refractivity contribution is 0.141. The Kier molecular flexibility index (Phi) is 5.54. The molecular formula is C21H28N2O. The summed E-state index contributed by atoms with van der Waals surface area (Å²) in [4.78, 5) is 2.52. The lowest BCUT2D eigenvalue weighted by Crippen LogP contribution is -2.39. The lowest BCUT2D eigenvalue weighted by atomic mass is 9.96. The second kappa shape index (κ2) is 7.82. The highest BCUT2D eigenvalue weighted by Crippen LogP contribution is 2.28. The van der Waals surface area contributed by atoms with Crippen molar-refractivity contribution in [2.75, 3.05) is 19.6 Å². The summed E-state index contributed by atoms with van der Waals surface area (Å²) in [5.41, 5.74) is 8.59. The van der Waals surface area contributed by atoms with Gasteiger partial charge in [0.2, 0.25) is 0 Å². The summed E-state index contributed by atoms with van der Waals surface area (Å²) in [5, 5.41) is 0. The molecular weight excluding hydrogens is 296 g/mol. The highest BCUT2D eigenvalue weighted by Gasteiger charge is 2.23. The first-order valence-electron chi connectivity index (χ1n) is 8.94. The Labute approximate surface area is 145 Å². The van der Waals surface area contributed by atoms with E-state index >= 15 is 0 Å². The zero-order chi connectivity index (χ0) is 16.9. The minimum Gasteiger partial charge on any atom is -0.457 e. The smallest absolute Gasteiger partial charge is 0.127 e. The van der Waals surface area contributed by atoms with Crippen LogP contribution in [0.15, 0.2) is 48.5 Å². The number of nitrogens with two attached hydrogens (primary N) is 1. The SMILES string of the molecule is Cc1ccc(Oc2ccc(C(CN)N3CCC(C)CC3)cc2)cc1. The van der Waals surface area contributed by atoms with Gasteiger partial charge in [-0.25, -0.2) is 0 Å². The number of hydrogen-bond acceptors (Lipinski definition) is 3. The largest absolute Gasteiger partial charge is 0.457 e. The van der Waals surface area contributed by atoms with Gasteiger partial charge in [0.25, 0.3) is 0 Å². The molecule has 1 unspecified atom stereocenters. The van der Waals surface area contributed by atoms with E-state index in [4.69, 9.17) is 10.5 Å². The molecule has 2 aromatic carbocycles. The van der Waals surface area contributed by atoms with Gasteiger partial charge in [-0.15, -0.1) is 0 Å². The van der Waals surface area contributed by atoms with Crippen LogP contribution in [0.3, 0.4) is 0 Å². The zero-order valence-electron chi connectivity index (χ0n) is 14.7. The fraction of sp³-hybridized carbons (Fsp3) is 0.429. The van der Waals surface area contributed by atoms with Crippen LogP contribution in [0.5, 0.6) is 11.5 Å². The first kappa shape index (κ1) is 17.0. The average molecular weight is 324 g/mol. The van der Waals surface area contributed by atoms with E-state index in [1.165, 1.54) is 24.0 Å². The molecule has 0 aliphatic carbocycles. The number of hydrogen-bond donors (Lipinski definition) is 1. The molecule has 0 amide bonds. The third-order valence-electron chi connectivity index (χ3n) is 5.00. The molecule has 3 heteroatoms. The normalized spacial score (nSPS) is 17.6. The molecule has 0 aromatic heterocycles. The Bertz CT molecular complexity index is 628. The molecule has 0 spiro atoms. The predicted molar refractivity (Wildman–Crippen MR) is 99.5 cm³/mol. The van der Waals surface area contributed by atoms with E-state index in [0.29, 0.717) is 12.6 Å². The van der Waals surface area contributed by atoms with Crippen molar-refractivity contribution in [1.82, 2.24) is 4.90 Å². The van der Waals surface area contributed by atoms with Gasteiger partial charge in [0, 0.05) is 12.6 Å². The molecule has 2 N–H and O–H groups in total. The number of likely N-dealkylation sites (tertiary alicyclic amines) is 1. The molecule has 0 radical (unpaired) electrons. The van der Waals surface area contributed by atoms with Crippen LogP contribution in [-0.2, 0) is 0 Å². The van der Waals surface area contributed by atoms with Crippen molar-refractivity contribution in [2.24, 2.45) is 11.7 Å². The summed E-state index contributed by atoms with van der Waals surface area (Å²) in [6.45, 7) is 7.36. The highest BCUT2D eigenvalue weighted by atomic mass is 16.5. The molecule has 1 saturated heterocycles. The maximum absolute atomic E-state index is 6.07. The van der Waals surface area contributed by atoms with Gasteiger partial charge in [-0.3, -0.25) is 4.90 Å². The van der Waals surface area contributed by atoms with Crippen LogP contribution in [0.1, 0.15) is 36.9 Å². The maximum atomic E-state index is 6.07. The Morgan fingerprint density at radius 1 is 1.00 bits per heavy atom. The molecule has 1 heterocycles. The molecule has 1 aliphatic heterocycles. The lowest BCUT2D eigenvalue weighted by Gasteiger charge is -2.36. The first-order chi connectivity index (χ1) is 11.7. The van der Waals surface area contributed by atoms with Crippen LogP contribution < -0.4 is 10.5 Å². The number of aryl methyl sites for hydroxylation is 1. The monoisotopic (exact) mass is 324 g/mol. The van der Waals surface area contributed by atoms with Gasteiger partial charge in [-0.05, 0) is 68.6 Å². The van der Waals surface area contributed by atoms with E-state index in [9.17, 15) is 0 Å². The Balaban J connectivity index is 1.67. The minimum absolute atomic E-state index is 0.311. The summed E-state index contributed by atoms with van der Waals surface area (Å²) in [6.07, 6.45) is 2.54. The van der Waals surface area contributed by atoms with Crippen LogP contribution in [0, 0.1) is 12.8 Å². The van der Waals surface area contributed by atoms with Crippen molar-refractivity contribution >= 4 is 0 Å². The fourth-order valence-electron chi connectivity index (χ4n) is 3.34. The molecule has 1 fully saturated rings. The topological polar surface area (TPSA) is 38.5 Å². The Morgan fingerprint density at radius 2 is 1.54 bits per heavy atom. The van der Waals surface area contributed by atoms with Gasteiger partial charge in [-0.1, -0.05) is 36.8 Å². The van der Waals surface area contributed by atoms with Gasteiger partial charge in [0.1, 0.15) is 11.5 Å². The number of benzene rings is 2. The van der Waals surface area contributed by atoms with Crippen molar-refractivity contribution in [2.45, 2.75) is 32.7 Å². The Hall–Kier alpha value is -1.84. The fourth-order valence-corrected chi connectivity index (χ4v) is 3.34. The van der Waals surface area contributed by atoms with Crippen LogP contribution in [0.4, 0.5) is 0 Å². The van der Waals surface area contributed by atoms with Crippen LogP contribution in [-0.4, -0.2) is 24.5 Å². The summed E-state index contributed by atoms with van der Waals surface area (Å²) >= 11 is 0. The van der Waals surface area contributed by atoms with Gasteiger partial charge >= 0.3 is 0 Å². The van der Waals surface area contributed by atoms with Crippen LogP contribution >= 0.6 is 0 Å². The van der Waals surface area contributed by atoms with Crippen molar-refractivity contribution in [1.29, 1.82) is 0 Å². The summed E-state index contributed by atoms with van der Waals surface area (Å²) < 4.78 is 5.92. The summed E-state index contributed by atoms with van der Waals surface area (Å²) in [5.74, 6) is 2.57. The minimum atomic E-state index is 0.311. The second-order valence-electron chi connectivity index (χ2n) is 6.95. The standard InChI is InChI=1S/C21H28N2O/c1-16-3-7-19(8-4-16)24-20-9-5-18(6-10-20)21(15-22)23-13-11-17(2)12-14-23/h3-10,17,21H,11-15,22H2,1-2H3. The molecule has 0 saturated carbocycles. The van der Waals surface area contributed by atoms with E-state index in [0.717, 1.165) is 30.5 Å². The number of ether oxygens (including phenoxy) is 1. The van der Waals surface area contributed by atoms with Crippen molar-refractivity contribution in [3.63, 3.8) is 0 Å². The molecule has 3 rings (SSSR count). The molecule has 2 aromatic rings. The van der Waals surface area contributed by atoms with E-state index in [1.807, 2.05) is 24.3 Å². The van der Waals surface area contributed by atoms with Gasteiger partial charge in [0.15, 0.2) is 0 Å². The third-order valence-corrected chi connectivity index (χ3v) is 5.00. The molecule has 24 heavy (non-hydrogen) atoms. The van der Waals surface area contributed by atoms with Crippen molar-refractivity contribution in [3.05, 3.63) is 59.7 Å². The molecule has 1 aliphatic rings.